The number of nitrogens with zero attached hydrogens (tertiary/aromatic N) is 5. The Hall–Kier alpha value is -3.22. The smallest absolute Gasteiger partial charge is 0.293 e. The van der Waals surface area contributed by atoms with Crippen LogP contribution in [0.1, 0.15) is 22.8 Å². The highest BCUT2D eigenvalue weighted by Gasteiger charge is 2.25. The van der Waals surface area contributed by atoms with Crippen molar-refractivity contribution in [3.05, 3.63) is 64.2 Å². The third kappa shape index (κ3) is 3.24. The van der Waals surface area contributed by atoms with Crippen LogP contribution in [-0.4, -0.2) is 51.5 Å². The summed E-state index contributed by atoms with van der Waals surface area (Å²) < 4.78 is 1.58. The molecule has 7 nitrogen and oxygen atoms in total. The summed E-state index contributed by atoms with van der Waals surface area (Å²) in [4.78, 5) is 37.9. The van der Waals surface area contributed by atoms with E-state index in [1.165, 1.54) is 5.56 Å². The average molecular weight is 377 g/mol. The first kappa shape index (κ1) is 18.2. The van der Waals surface area contributed by atoms with E-state index in [-0.39, 0.29) is 11.5 Å². The lowest BCUT2D eigenvalue weighted by molar-refractivity contribution is 0.0746. The summed E-state index contributed by atoms with van der Waals surface area (Å²) in [6, 6.07) is 9.59. The van der Waals surface area contributed by atoms with E-state index < -0.39 is 0 Å². The quantitative estimate of drug-likeness (QED) is 0.697. The minimum absolute atomic E-state index is 0.0350. The lowest BCUT2D eigenvalue weighted by atomic mass is 10.1. The predicted octanol–water partition coefficient (Wildman–Crippen LogP) is 1.85. The lowest BCUT2D eigenvalue weighted by Crippen LogP contribution is -2.50. The first-order valence-electron chi connectivity index (χ1n) is 9.52. The van der Waals surface area contributed by atoms with Crippen molar-refractivity contribution >= 4 is 22.8 Å². The summed E-state index contributed by atoms with van der Waals surface area (Å²) in [5.74, 6) is 0.466. The van der Waals surface area contributed by atoms with Gasteiger partial charge >= 0.3 is 0 Å². The molecule has 3 aromatic rings. The van der Waals surface area contributed by atoms with E-state index in [9.17, 15) is 9.59 Å². The fraction of sp³-hybridized carbons (Fsp3) is 0.333. The second-order valence-corrected chi connectivity index (χ2v) is 6.99. The Morgan fingerprint density at radius 1 is 1.07 bits per heavy atom. The molecule has 0 unspecified atom stereocenters. The summed E-state index contributed by atoms with van der Waals surface area (Å²) >= 11 is 0. The molecule has 1 amide bonds. The topological polar surface area (TPSA) is 71.3 Å². The fourth-order valence-electron chi connectivity index (χ4n) is 3.55. The molecule has 4 rings (SSSR count). The number of hydrogen-bond donors (Lipinski definition) is 0. The van der Waals surface area contributed by atoms with Gasteiger partial charge in [0.1, 0.15) is 0 Å². The van der Waals surface area contributed by atoms with Gasteiger partial charge in [0.05, 0.1) is 17.2 Å². The van der Waals surface area contributed by atoms with E-state index in [0.29, 0.717) is 43.1 Å². The zero-order valence-corrected chi connectivity index (χ0v) is 16.1. The molecule has 0 saturated carbocycles. The summed E-state index contributed by atoms with van der Waals surface area (Å²) in [5, 5.41) is 0. The maximum atomic E-state index is 12.8. The summed E-state index contributed by atoms with van der Waals surface area (Å²) in [5.41, 5.74) is 3.23. The number of aromatic nitrogens is 3. The largest absolute Gasteiger partial charge is 0.348 e. The molecule has 1 fully saturated rings. The Labute approximate surface area is 163 Å². The number of pyridine rings is 1. The molecule has 1 saturated heterocycles. The molecule has 1 aromatic carbocycles. The summed E-state index contributed by atoms with van der Waals surface area (Å²) in [7, 11) is 1.73. The summed E-state index contributed by atoms with van der Waals surface area (Å²) in [6.07, 6.45) is 4.27. The molecule has 3 heterocycles. The van der Waals surface area contributed by atoms with Crippen molar-refractivity contribution in [1.29, 1.82) is 0 Å². The van der Waals surface area contributed by atoms with Crippen LogP contribution >= 0.6 is 0 Å². The highest BCUT2D eigenvalue weighted by Crippen LogP contribution is 2.16. The molecule has 0 aliphatic carbocycles. The Bertz CT molecular complexity index is 1070. The van der Waals surface area contributed by atoms with Crippen LogP contribution in [0.2, 0.25) is 0 Å². The van der Waals surface area contributed by atoms with E-state index in [1.807, 2.05) is 34.1 Å². The van der Waals surface area contributed by atoms with Gasteiger partial charge in [-0.2, -0.15) is 0 Å². The van der Waals surface area contributed by atoms with Crippen LogP contribution in [0.15, 0.2) is 47.5 Å². The van der Waals surface area contributed by atoms with Gasteiger partial charge in [-0.25, -0.2) is 4.98 Å². The maximum Gasteiger partial charge on any atom is 0.293 e. The first-order chi connectivity index (χ1) is 13.6. The molecule has 144 valence electrons. The van der Waals surface area contributed by atoms with Gasteiger partial charge in [-0.1, -0.05) is 19.1 Å². The lowest BCUT2D eigenvalue weighted by Gasteiger charge is -2.35. The van der Waals surface area contributed by atoms with E-state index in [2.05, 4.69) is 16.9 Å². The van der Waals surface area contributed by atoms with E-state index in [0.717, 1.165) is 11.9 Å². The molecule has 7 heteroatoms. The number of aryl methyl sites for hydroxylation is 2. The van der Waals surface area contributed by atoms with Gasteiger partial charge in [0.2, 0.25) is 0 Å². The molecule has 0 radical (unpaired) electrons. The van der Waals surface area contributed by atoms with Crippen molar-refractivity contribution in [3.8, 4) is 0 Å². The predicted molar refractivity (Wildman–Crippen MR) is 109 cm³/mol. The average Bonchev–Trinajstić information content (AvgIpc) is 2.76. The van der Waals surface area contributed by atoms with Crippen molar-refractivity contribution in [2.45, 2.75) is 13.3 Å². The Morgan fingerprint density at radius 2 is 1.79 bits per heavy atom. The van der Waals surface area contributed by atoms with Crippen LogP contribution in [0.5, 0.6) is 0 Å². The zero-order chi connectivity index (χ0) is 19.7. The number of piperazine rings is 1. The van der Waals surface area contributed by atoms with Crippen LogP contribution in [0.4, 0.5) is 5.82 Å². The van der Waals surface area contributed by atoms with Gasteiger partial charge in [-0.15, -0.1) is 0 Å². The van der Waals surface area contributed by atoms with Crippen molar-refractivity contribution in [1.82, 2.24) is 19.4 Å². The number of benzene rings is 1. The van der Waals surface area contributed by atoms with Gasteiger partial charge in [0, 0.05) is 45.0 Å². The highest BCUT2D eigenvalue weighted by atomic mass is 16.2. The van der Waals surface area contributed by atoms with Crippen LogP contribution in [-0.2, 0) is 13.5 Å². The monoisotopic (exact) mass is 377 g/mol. The number of amides is 1. The van der Waals surface area contributed by atoms with Gasteiger partial charge in [0.25, 0.3) is 11.5 Å². The molecule has 2 aromatic heterocycles. The Kier molecular flexibility index (Phi) is 4.81. The summed E-state index contributed by atoms with van der Waals surface area (Å²) in [6.45, 7) is 4.38. The fourth-order valence-corrected chi connectivity index (χ4v) is 3.55. The number of hydrogen-bond acceptors (Lipinski definition) is 5. The van der Waals surface area contributed by atoms with Crippen LogP contribution in [0, 0.1) is 0 Å². The minimum atomic E-state index is -0.143. The van der Waals surface area contributed by atoms with Gasteiger partial charge < -0.3 is 14.4 Å². The number of carbonyl (C=O) groups is 1. The molecular weight excluding hydrogens is 354 g/mol. The van der Waals surface area contributed by atoms with Crippen molar-refractivity contribution < 1.29 is 4.79 Å². The van der Waals surface area contributed by atoms with Gasteiger partial charge in [0.15, 0.2) is 5.82 Å². The third-order valence-corrected chi connectivity index (χ3v) is 5.34. The molecule has 1 aliphatic heterocycles. The number of fused-ring (bicyclic) bond motifs is 1. The van der Waals surface area contributed by atoms with Crippen LogP contribution < -0.4 is 10.5 Å². The van der Waals surface area contributed by atoms with Gasteiger partial charge in [-0.3, -0.25) is 14.6 Å². The third-order valence-electron chi connectivity index (χ3n) is 5.34. The Morgan fingerprint density at radius 3 is 2.46 bits per heavy atom. The second kappa shape index (κ2) is 7.42. The first-order valence-corrected chi connectivity index (χ1v) is 9.52. The second-order valence-electron chi connectivity index (χ2n) is 6.99. The van der Waals surface area contributed by atoms with Crippen molar-refractivity contribution in [2.75, 3.05) is 31.1 Å². The molecule has 28 heavy (non-hydrogen) atoms. The van der Waals surface area contributed by atoms with Gasteiger partial charge in [-0.05, 0) is 30.2 Å². The molecule has 0 atom stereocenters. The number of rotatable bonds is 3. The van der Waals surface area contributed by atoms with E-state index in [1.54, 1.807) is 30.1 Å². The number of anilines is 1. The highest BCUT2D eigenvalue weighted by molar-refractivity contribution is 5.94. The molecule has 0 spiro atoms. The van der Waals surface area contributed by atoms with Crippen molar-refractivity contribution in [2.24, 2.45) is 7.05 Å². The normalized spacial score (nSPS) is 14.5. The zero-order valence-electron chi connectivity index (χ0n) is 16.1. The van der Waals surface area contributed by atoms with Crippen molar-refractivity contribution in [3.63, 3.8) is 0 Å². The molecule has 1 aliphatic rings. The van der Waals surface area contributed by atoms with E-state index >= 15 is 0 Å². The Balaban J connectivity index is 1.51. The standard InChI is InChI=1S/C21H23N5O2/c1-3-15-4-6-16(7-5-15)20(27)26-12-10-25(11-13-26)19-21(28)24(2)18-14-22-9-8-17(18)23-19/h4-9,14H,3,10-13H2,1-2H3. The maximum absolute atomic E-state index is 12.8. The molecule has 0 bridgehead atoms. The molecule has 0 N–H and O–H groups in total. The molecular formula is C21H23N5O2. The SMILES string of the molecule is CCc1ccc(C(=O)N2CCN(c3nc4ccncc4n(C)c3=O)CC2)cc1. The number of carbonyl (C=O) groups excluding carboxylic acids is 1. The van der Waals surface area contributed by atoms with Crippen LogP contribution in [0.25, 0.3) is 11.0 Å². The van der Waals surface area contributed by atoms with Crippen LogP contribution in [0.3, 0.4) is 0 Å². The van der Waals surface area contributed by atoms with E-state index in [4.69, 9.17) is 0 Å². The minimum Gasteiger partial charge on any atom is -0.348 e.